The van der Waals surface area contributed by atoms with Gasteiger partial charge in [0.2, 0.25) is 0 Å². The summed E-state index contributed by atoms with van der Waals surface area (Å²) in [4.78, 5) is 10.8. The van der Waals surface area contributed by atoms with Crippen molar-refractivity contribution in [1.29, 1.82) is 0 Å². The Morgan fingerprint density at radius 1 is 1.50 bits per heavy atom. The third-order valence-corrected chi connectivity index (χ3v) is 1.56. The molecule has 14 heavy (non-hydrogen) atoms. The number of ether oxygens (including phenoxy) is 1. The van der Waals surface area contributed by atoms with Gasteiger partial charge in [-0.25, -0.2) is 4.79 Å². The highest BCUT2D eigenvalue weighted by atomic mass is 16.5. The van der Waals surface area contributed by atoms with Crippen molar-refractivity contribution >= 4 is 5.97 Å². The Labute approximate surface area is 85.0 Å². The summed E-state index contributed by atoms with van der Waals surface area (Å²) in [5, 5.41) is 11.6. The average Bonchev–Trinajstić information content (AvgIpc) is 2.17. The highest BCUT2D eigenvalue weighted by molar-refractivity contribution is 5.81. The zero-order chi connectivity index (χ0) is 10.6. The molecule has 0 rings (SSSR count). The van der Waals surface area contributed by atoms with Gasteiger partial charge in [-0.3, -0.25) is 0 Å². The average molecular weight is 201 g/mol. The zero-order valence-corrected chi connectivity index (χ0v) is 8.66. The van der Waals surface area contributed by atoms with Gasteiger partial charge in [-0.1, -0.05) is 6.08 Å². The Balaban J connectivity index is 3.22. The summed E-state index contributed by atoms with van der Waals surface area (Å²) in [7, 11) is 0. The first kappa shape index (κ1) is 13.1. The highest BCUT2D eigenvalue weighted by Gasteiger charge is 1.91. The molecular weight excluding hydrogens is 182 g/mol. The molecular formula is C10H19NO3. The number of unbranched alkanes of at least 4 members (excludes halogenated alkanes) is 1. The Morgan fingerprint density at radius 2 is 2.29 bits per heavy atom. The van der Waals surface area contributed by atoms with Gasteiger partial charge in [0.1, 0.15) is 0 Å². The molecule has 0 spiro atoms. The first-order valence-electron chi connectivity index (χ1n) is 4.96. The lowest BCUT2D eigenvalue weighted by Crippen LogP contribution is -2.15. The molecule has 0 amide bonds. The lowest BCUT2D eigenvalue weighted by molar-refractivity contribution is -0.137. The molecule has 0 aliphatic heterocycles. The summed E-state index contributed by atoms with van der Waals surface area (Å²) >= 11 is 0. The van der Waals surface area contributed by atoms with Crippen molar-refractivity contribution in [2.75, 3.05) is 26.3 Å². The van der Waals surface area contributed by atoms with E-state index in [-0.39, 0.29) is 12.6 Å². The number of aliphatic hydroxyl groups is 1. The Kier molecular flexibility index (Phi) is 9.58. The molecule has 4 heteroatoms. The van der Waals surface area contributed by atoms with Crippen molar-refractivity contribution in [2.24, 2.45) is 0 Å². The van der Waals surface area contributed by atoms with Gasteiger partial charge in [0, 0.05) is 19.2 Å². The summed E-state index contributed by atoms with van der Waals surface area (Å²) < 4.78 is 4.70. The minimum Gasteiger partial charge on any atom is -0.463 e. The fourth-order valence-corrected chi connectivity index (χ4v) is 0.893. The molecule has 0 saturated heterocycles. The van der Waals surface area contributed by atoms with Crippen molar-refractivity contribution in [2.45, 2.75) is 19.8 Å². The maximum atomic E-state index is 10.8. The number of hydrogen-bond acceptors (Lipinski definition) is 4. The van der Waals surface area contributed by atoms with E-state index in [1.54, 1.807) is 13.0 Å². The molecule has 0 unspecified atom stereocenters. The number of carbonyl (C=O) groups excluding carboxylic acids is 1. The number of aliphatic hydroxyl groups excluding tert-OH is 1. The maximum Gasteiger partial charge on any atom is 0.330 e. The standard InChI is InChI=1S/C10H19NO3/c1-2-14-10(13)6-5-8-11-7-3-4-9-12/h5-6,11-12H,2-4,7-9H2,1H3/b6-5+. The van der Waals surface area contributed by atoms with Crippen LogP contribution in [0.3, 0.4) is 0 Å². The third-order valence-electron chi connectivity index (χ3n) is 1.56. The van der Waals surface area contributed by atoms with Crippen LogP contribution in [0.4, 0.5) is 0 Å². The quantitative estimate of drug-likeness (QED) is 0.340. The van der Waals surface area contributed by atoms with Crippen LogP contribution in [0.2, 0.25) is 0 Å². The molecule has 0 heterocycles. The second-order valence-corrected chi connectivity index (χ2v) is 2.79. The smallest absolute Gasteiger partial charge is 0.330 e. The summed E-state index contributed by atoms with van der Waals surface area (Å²) in [6, 6.07) is 0. The summed E-state index contributed by atoms with van der Waals surface area (Å²) in [6.45, 7) is 3.93. The van der Waals surface area contributed by atoms with Crippen LogP contribution in [0.25, 0.3) is 0 Å². The summed E-state index contributed by atoms with van der Waals surface area (Å²) in [5.74, 6) is -0.301. The van der Waals surface area contributed by atoms with E-state index in [4.69, 9.17) is 9.84 Å². The zero-order valence-electron chi connectivity index (χ0n) is 8.66. The summed E-state index contributed by atoms with van der Waals surface area (Å²) in [6.07, 6.45) is 4.91. The van der Waals surface area contributed by atoms with Crippen LogP contribution >= 0.6 is 0 Å². The van der Waals surface area contributed by atoms with Crippen LogP contribution in [0.5, 0.6) is 0 Å². The van der Waals surface area contributed by atoms with E-state index in [1.807, 2.05) is 0 Å². The van der Waals surface area contributed by atoms with Gasteiger partial charge in [0.15, 0.2) is 0 Å². The lowest BCUT2D eigenvalue weighted by atomic mass is 10.3. The van der Waals surface area contributed by atoms with E-state index in [0.29, 0.717) is 13.2 Å². The van der Waals surface area contributed by atoms with E-state index in [0.717, 1.165) is 19.4 Å². The van der Waals surface area contributed by atoms with Crippen molar-refractivity contribution < 1.29 is 14.6 Å². The number of rotatable bonds is 8. The molecule has 0 aliphatic rings. The second kappa shape index (κ2) is 10.2. The van der Waals surface area contributed by atoms with E-state index < -0.39 is 0 Å². The number of nitrogens with one attached hydrogen (secondary N) is 1. The molecule has 0 saturated carbocycles. The minimum atomic E-state index is -0.301. The first-order chi connectivity index (χ1) is 6.81. The lowest BCUT2D eigenvalue weighted by Gasteiger charge is -1.99. The molecule has 0 aliphatic carbocycles. The van der Waals surface area contributed by atoms with E-state index in [1.165, 1.54) is 6.08 Å². The van der Waals surface area contributed by atoms with Crippen LogP contribution in [0, 0.1) is 0 Å². The Morgan fingerprint density at radius 3 is 2.93 bits per heavy atom. The van der Waals surface area contributed by atoms with Crippen molar-refractivity contribution in [1.82, 2.24) is 5.32 Å². The predicted octanol–water partition coefficient (Wildman–Crippen LogP) is 0.468. The fraction of sp³-hybridized carbons (Fsp3) is 0.700. The fourth-order valence-electron chi connectivity index (χ4n) is 0.893. The molecule has 0 radical (unpaired) electrons. The molecule has 0 aromatic heterocycles. The van der Waals surface area contributed by atoms with Crippen LogP contribution in [0.15, 0.2) is 12.2 Å². The van der Waals surface area contributed by atoms with E-state index >= 15 is 0 Å². The second-order valence-electron chi connectivity index (χ2n) is 2.79. The molecule has 82 valence electrons. The molecule has 0 fully saturated rings. The first-order valence-corrected chi connectivity index (χ1v) is 4.96. The Hall–Kier alpha value is -0.870. The van der Waals surface area contributed by atoms with Gasteiger partial charge < -0.3 is 15.2 Å². The molecule has 4 nitrogen and oxygen atoms in total. The van der Waals surface area contributed by atoms with Gasteiger partial charge in [-0.2, -0.15) is 0 Å². The summed E-state index contributed by atoms with van der Waals surface area (Å²) in [5.41, 5.74) is 0. The van der Waals surface area contributed by atoms with Crippen LogP contribution in [-0.4, -0.2) is 37.4 Å². The number of esters is 1. The molecule has 0 aromatic rings. The van der Waals surface area contributed by atoms with Gasteiger partial charge >= 0.3 is 5.97 Å². The largest absolute Gasteiger partial charge is 0.463 e. The van der Waals surface area contributed by atoms with Crippen LogP contribution < -0.4 is 5.32 Å². The van der Waals surface area contributed by atoms with E-state index in [9.17, 15) is 4.79 Å². The predicted molar refractivity (Wildman–Crippen MR) is 55.0 cm³/mol. The number of hydrogen-bond donors (Lipinski definition) is 2. The molecule has 0 atom stereocenters. The van der Waals surface area contributed by atoms with Crippen molar-refractivity contribution in [3.05, 3.63) is 12.2 Å². The van der Waals surface area contributed by atoms with Crippen LogP contribution in [0.1, 0.15) is 19.8 Å². The van der Waals surface area contributed by atoms with Gasteiger partial charge in [-0.15, -0.1) is 0 Å². The van der Waals surface area contributed by atoms with Crippen LogP contribution in [-0.2, 0) is 9.53 Å². The van der Waals surface area contributed by atoms with Crippen molar-refractivity contribution in [3.63, 3.8) is 0 Å². The monoisotopic (exact) mass is 201 g/mol. The maximum absolute atomic E-state index is 10.8. The third kappa shape index (κ3) is 9.22. The van der Waals surface area contributed by atoms with Gasteiger partial charge in [0.25, 0.3) is 0 Å². The van der Waals surface area contributed by atoms with E-state index in [2.05, 4.69) is 5.32 Å². The highest BCUT2D eigenvalue weighted by Crippen LogP contribution is 1.84. The van der Waals surface area contributed by atoms with Crippen molar-refractivity contribution in [3.8, 4) is 0 Å². The van der Waals surface area contributed by atoms with Gasteiger partial charge in [0.05, 0.1) is 6.61 Å². The normalized spacial score (nSPS) is 10.7. The number of carbonyl (C=O) groups is 1. The topological polar surface area (TPSA) is 58.6 Å². The Bertz CT molecular complexity index is 169. The molecule has 2 N–H and O–H groups in total. The molecule has 0 aromatic carbocycles. The van der Waals surface area contributed by atoms with Gasteiger partial charge in [-0.05, 0) is 26.3 Å². The SMILES string of the molecule is CCOC(=O)/C=C/CNCCCCO. The minimum absolute atomic E-state index is 0.236. The molecule has 0 bridgehead atoms.